The third-order valence-corrected chi connectivity index (χ3v) is 4.92. The maximum atomic E-state index is 2.59. The zero-order valence-corrected chi connectivity index (χ0v) is 13.2. The van der Waals surface area contributed by atoms with Gasteiger partial charge in [0, 0.05) is 6.54 Å². The zero-order valence-electron chi connectivity index (χ0n) is 13.2. The van der Waals surface area contributed by atoms with E-state index < -0.39 is 0 Å². The summed E-state index contributed by atoms with van der Waals surface area (Å²) in [5, 5.41) is 0. The fourth-order valence-corrected chi connectivity index (χ4v) is 3.36. The van der Waals surface area contributed by atoms with E-state index in [0.29, 0.717) is 5.41 Å². The van der Waals surface area contributed by atoms with Crippen LogP contribution in [0.2, 0.25) is 0 Å². The Morgan fingerprint density at radius 3 is 2.33 bits per heavy atom. The molecule has 1 saturated heterocycles. The Hall–Kier alpha value is -1.60. The quantitative estimate of drug-likeness (QED) is 0.797. The van der Waals surface area contributed by atoms with Crippen LogP contribution in [-0.4, -0.2) is 18.0 Å². The molecule has 0 atom stereocenters. The molecule has 3 rings (SSSR count). The normalized spacial score (nSPS) is 18.6. The van der Waals surface area contributed by atoms with Crippen LogP contribution in [0.4, 0.5) is 0 Å². The highest BCUT2D eigenvalue weighted by Crippen LogP contribution is 2.35. The van der Waals surface area contributed by atoms with Crippen LogP contribution in [0.3, 0.4) is 0 Å². The summed E-state index contributed by atoms with van der Waals surface area (Å²) in [6.07, 6.45) is 2.51. The highest BCUT2D eigenvalue weighted by molar-refractivity contribution is 5.29. The van der Waals surface area contributed by atoms with Gasteiger partial charge in [-0.2, -0.15) is 0 Å². The van der Waals surface area contributed by atoms with Crippen LogP contribution in [0.1, 0.15) is 36.5 Å². The SMILES string of the molecule is Cc1cccc(C2(C)CCN(Cc3ccccc3)CC2)c1. The third-order valence-electron chi connectivity index (χ3n) is 4.92. The predicted molar refractivity (Wildman–Crippen MR) is 89.5 cm³/mol. The van der Waals surface area contributed by atoms with Gasteiger partial charge < -0.3 is 0 Å². The summed E-state index contributed by atoms with van der Waals surface area (Å²) in [7, 11) is 0. The average molecular weight is 279 g/mol. The van der Waals surface area contributed by atoms with E-state index in [-0.39, 0.29) is 0 Å². The van der Waals surface area contributed by atoms with Gasteiger partial charge in [-0.3, -0.25) is 4.90 Å². The first kappa shape index (κ1) is 14.3. The van der Waals surface area contributed by atoms with E-state index in [4.69, 9.17) is 0 Å². The molecule has 21 heavy (non-hydrogen) atoms. The van der Waals surface area contributed by atoms with Crippen molar-refractivity contribution >= 4 is 0 Å². The van der Waals surface area contributed by atoms with Gasteiger partial charge in [-0.15, -0.1) is 0 Å². The summed E-state index contributed by atoms with van der Waals surface area (Å²) >= 11 is 0. The molecule has 0 aliphatic carbocycles. The third kappa shape index (κ3) is 3.36. The Bertz CT molecular complexity index is 580. The van der Waals surface area contributed by atoms with Crippen LogP contribution in [0.25, 0.3) is 0 Å². The summed E-state index contributed by atoms with van der Waals surface area (Å²) in [4.78, 5) is 2.59. The molecule has 1 aliphatic rings. The molecule has 2 aromatic rings. The van der Waals surface area contributed by atoms with Gasteiger partial charge in [-0.05, 0) is 49.4 Å². The van der Waals surface area contributed by atoms with E-state index in [1.807, 2.05) is 0 Å². The second kappa shape index (κ2) is 6.03. The van der Waals surface area contributed by atoms with Crippen molar-refractivity contribution < 1.29 is 0 Å². The maximum Gasteiger partial charge on any atom is 0.0233 e. The van der Waals surface area contributed by atoms with E-state index in [1.165, 1.54) is 42.6 Å². The Kier molecular flexibility index (Phi) is 4.12. The van der Waals surface area contributed by atoms with E-state index >= 15 is 0 Å². The van der Waals surface area contributed by atoms with Gasteiger partial charge >= 0.3 is 0 Å². The summed E-state index contributed by atoms with van der Waals surface area (Å²) in [6.45, 7) is 8.10. The summed E-state index contributed by atoms with van der Waals surface area (Å²) in [6, 6.07) is 19.9. The van der Waals surface area contributed by atoms with Crippen LogP contribution in [0, 0.1) is 6.92 Å². The molecule has 1 aliphatic heterocycles. The second-order valence-corrected chi connectivity index (χ2v) is 6.69. The Morgan fingerprint density at radius 1 is 0.952 bits per heavy atom. The lowest BCUT2D eigenvalue weighted by atomic mass is 9.74. The van der Waals surface area contributed by atoms with Crippen LogP contribution < -0.4 is 0 Å². The van der Waals surface area contributed by atoms with Gasteiger partial charge in [-0.1, -0.05) is 67.1 Å². The number of likely N-dealkylation sites (tertiary alicyclic amines) is 1. The number of nitrogens with zero attached hydrogens (tertiary/aromatic N) is 1. The van der Waals surface area contributed by atoms with E-state index in [9.17, 15) is 0 Å². The second-order valence-electron chi connectivity index (χ2n) is 6.69. The monoisotopic (exact) mass is 279 g/mol. The van der Waals surface area contributed by atoms with Crippen molar-refractivity contribution in [2.45, 2.75) is 38.6 Å². The molecule has 1 heterocycles. The molecular weight excluding hydrogens is 254 g/mol. The molecule has 0 saturated carbocycles. The van der Waals surface area contributed by atoms with Gasteiger partial charge in [0.25, 0.3) is 0 Å². The maximum absolute atomic E-state index is 2.59. The Morgan fingerprint density at radius 2 is 1.67 bits per heavy atom. The number of piperidine rings is 1. The van der Waals surface area contributed by atoms with Gasteiger partial charge in [0.1, 0.15) is 0 Å². The van der Waals surface area contributed by atoms with E-state index in [0.717, 1.165) is 6.54 Å². The molecule has 1 heteroatoms. The standard InChI is InChI=1S/C20H25N/c1-17-7-6-10-19(15-17)20(2)11-13-21(14-12-20)16-18-8-4-3-5-9-18/h3-10,15H,11-14,16H2,1-2H3. The minimum atomic E-state index is 0.346. The van der Waals surface area contributed by atoms with Crippen LogP contribution in [0.5, 0.6) is 0 Å². The lowest BCUT2D eigenvalue weighted by Crippen LogP contribution is -2.40. The molecule has 0 aromatic heterocycles. The molecule has 0 spiro atoms. The number of benzene rings is 2. The number of hydrogen-bond acceptors (Lipinski definition) is 1. The van der Waals surface area contributed by atoms with E-state index in [2.05, 4.69) is 73.3 Å². The van der Waals surface area contributed by atoms with Crippen LogP contribution >= 0.6 is 0 Å². The van der Waals surface area contributed by atoms with Crippen molar-refractivity contribution in [3.05, 3.63) is 71.3 Å². The highest BCUT2D eigenvalue weighted by atomic mass is 15.1. The first-order chi connectivity index (χ1) is 10.2. The van der Waals surface area contributed by atoms with Gasteiger partial charge in [-0.25, -0.2) is 0 Å². The molecule has 0 unspecified atom stereocenters. The van der Waals surface area contributed by atoms with Crippen molar-refractivity contribution in [1.82, 2.24) is 4.90 Å². The minimum absolute atomic E-state index is 0.346. The first-order valence-corrected chi connectivity index (χ1v) is 7.99. The molecule has 0 radical (unpaired) electrons. The lowest BCUT2D eigenvalue weighted by molar-refractivity contribution is 0.162. The first-order valence-electron chi connectivity index (χ1n) is 7.99. The van der Waals surface area contributed by atoms with E-state index in [1.54, 1.807) is 0 Å². The number of aryl methyl sites for hydroxylation is 1. The summed E-state index contributed by atoms with van der Waals surface area (Å²) in [5.41, 5.74) is 4.66. The average Bonchev–Trinajstić information content (AvgIpc) is 2.51. The topological polar surface area (TPSA) is 3.24 Å². The van der Waals surface area contributed by atoms with Crippen LogP contribution in [0.15, 0.2) is 54.6 Å². The smallest absolute Gasteiger partial charge is 0.0233 e. The largest absolute Gasteiger partial charge is 0.299 e. The minimum Gasteiger partial charge on any atom is -0.299 e. The van der Waals surface area contributed by atoms with Crippen molar-refractivity contribution in [3.63, 3.8) is 0 Å². The molecular formula is C20H25N. The Balaban J connectivity index is 1.64. The Labute approximate surface area is 128 Å². The van der Waals surface area contributed by atoms with Crippen molar-refractivity contribution in [2.24, 2.45) is 0 Å². The van der Waals surface area contributed by atoms with Crippen molar-refractivity contribution in [1.29, 1.82) is 0 Å². The fourth-order valence-electron chi connectivity index (χ4n) is 3.36. The zero-order chi connectivity index (χ0) is 14.7. The molecule has 110 valence electrons. The molecule has 0 N–H and O–H groups in total. The molecule has 0 amide bonds. The summed E-state index contributed by atoms with van der Waals surface area (Å²) < 4.78 is 0. The fraction of sp³-hybridized carbons (Fsp3) is 0.400. The molecule has 1 fully saturated rings. The lowest BCUT2D eigenvalue weighted by Gasteiger charge is -2.40. The van der Waals surface area contributed by atoms with Gasteiger partial charge in [0.15, 0.2) is 0 Å². The molecule has 1 nitrogen and oxygen atoms in total. The van der Waals surface area contributed by atoms with Crippen molar-refractivity contribution in [3.8, 4) is 0 Å². The van der Waals surface area contributed by atoms with Crippen molar-refractivity contribution in [2.75, 3.05) is 13.1 Å². The highest BCUT2D eigenvalue weighted by Gasteiger charge is 2.31. The molecule has 0 bridgehead atoms. The van der Waals surface area contributed by atoms with Gasteiger partial charge in [0.2, 0.25) is 0 Å². The number of rotatable bonds is 3. The van der Waals surface area contributed by atoms with Gasteiger partial charge in [0.05, 0.1) is 0 Å². The molecule has 2 aromatic carbocycles. The number of hydrogen-bond donors (Lipinski definition) is 0. The summed E-state index contributed by atoms with van der Waals surface area (Å²) in [5.74, 6) is 0. The van der Waals surface area contributed by atoms with Crippen LogP contribution in [-0.2, 0) is 12.0 Å². The predicted octanol–water partition coefficient (Wildman–Crippen LogP) is 4.55.